The van der Waals surface area contributed by atoms with E-state index in [9.17, 15) is 4.79 Å². The van der Waals surface area contributed by atoms with Gasteiger partial charge in [-0.05, 0) is 53.4 Å². The first-order chi connectivity index (χ1) is 13.5. The zero-order valence-electron chi connectivity index (χ0n) is 15.9. The van der Waals surface area contributed by atoms with Gasteiger partial charge < -0.3 is 10.6 Å². The molecule has 3 aromatic rings. The molecular weight excluding hydrogens is 372 g/mol. The van der Waals surface area contributed by atoms with Crippen LogP contribution in [-0.4, -0.2) is 28.8 Å². The number of halogens is 1. The van der Waals surface area contributed by atoms with E-state index in [1.165, 1.54) is 0 Å². The number of amides is 1. The van der Waals surface area contributed by atoms with Gasteiger partial charge in [0.2, 0.25) is 5.91 Å². The highest BCUT2D eigenvalue weighted by Crippen LogP contribution is 2.31. The third-order valence-corrected chi connectivity index (χ3v) is 5.58. The quantitative estimate of drug-likeness (QED) is 0.703. The molecule has 0 radical (unpaired) electrons. The first-order valence-corrected chi connectivity index (χ1v) is 9.76. The van der Waals surface area contributed by atoms with Crippen molar-refractivity contribution >= 4 is 23.2 Å². The van der Waals surface area contributed by atoms with Gasteiger partial charge >= 0.3 is 0 Å². The normalized spacial score (nSPS) is 19.0. The predicted molar refractivity (Wildman–Crippen MR) is 113 cm³/mol. The monoisotopic (exact) mass is 394 g/mol. The molecule has 2 atom stereocenters. The zero-order valence-corrected chi connectivity index (χ0v) is 16.7. The summed E-state index contributed by atoms with van der Waals surface area (Å²) in [5.41, 5.74) is 5.10. The summed E-state index contributed by atoms with van der Waals surface area (Å²) in [5, 5.41) is 11.4. The zero-order chi connectivity index (χ0) is 19.7. The third-order valence-electron chi connectivity index (χ3n) is 5.35. The third kappa shape index (κ3) is 3.81. The van der Waals surface area contributed by atoms with E-state index in [0.717, 1.165) is 34.5 Å². The molecule has 0 bridgehead atoms. The summed E-state index contributed by atoms with van der Waals surface area (Å²) in [7, 11) is 1.89. The van der Waals surface area contributed by atoms with E-state index in [1.807, 2.05) is 62.8 Å². The average molecular weight is 395 g/mol. The number of nitrogens with one attached hydrogen (secondary N) is 2. The lowest BCUT2D eigenvalue weighted by Crippen LogP contribution is -2.28. The number of rotatable bonds is 4. The maximum absolute atomic E-state index is 13.0. The highest BCUT2D eigenvalue weighted by molar-refractivity contribution is 6.30. The second kappa shape index (κ2) is 7.78. The van der Waals surface area contributed by atoms with Crippen LogP contribution in [0.1, 0.15) is 17.0 Å². The minimum absolute atomic E-state index is 0.0393. The van der Waals surface area contributed by atoms with Crippen molar-refractivity contribution in [3.05, 3.63) is 71.0 Å². The van der Waals surface area contributed by atoms with Gasteiger partial charge in [0.15, 0.2) is 0 Å². The van der Waals surface area contributed by atoms with Crippen molar-refractivity contribution in [3.63, 3.8) is 0 Å². The van der Waals surface area contributed by atoms with Gasteiger partial charge in [0, 0.05) is 43.0 Å². The van der Waals surface area contributed by atoms with E-state index in [0.29, 0.717) is 11.6 Å². The number of hydrogen-bond acceptors (Lipinski definition) is 3. The lowest BCUT2D eigenvalue weighted by molar-refractivity contribution is -0.119. The number of anilines is 1. The van der Waals surface area contributed by atoms with E-state index in [-0.39, 0.29) is 17.7 Å². The Morgan fingerprint density at radius 2 is 2.04 bits per heavy atom. The van der Waals surface area contributed by atoms with Crippen LogP contribution >= 0.6 is 11.6 Å². The Balaban J connectivity index is 1.51. The number of hydrogen-bond donors (Lipinski definition) is 2. The van der Waals surface area contributed by atoms with Crippen LogP contribution in [-0.2, 0) is 11.8 Å². The molecule has 2 aromatic carbocycles. The molecule has 1 amide bonds. The summed E-state index contributed by atoms with van der Waals surface area (Å²) < 4.78 is 1.78. The summed E-state index contributed by atoms with van der Waals surface area (Å²) in [6.45, 7) is 3.47. The summed E-state index contributed by atoms with van der Waals surface area (Å²) in [6.07, 6.45) is 3.84. The number of aromatic nitrogens is 2. The molecule has 0 unspecified atom stereocenters. The summed E-state index contributed by atoms with van der Waals surface area (Å²) in [5.74, 6) is 0.0633. The van der Waals surface area contributed by atoms with Gasteiger partial charge in [0.05, 0.1) is 12.1 Å². The molecule has 5 nitrogen and oxygen atoms in total. The summed E-state index contributed by atoms with van der Waals surface area (Å²) in [6, 6.07) is 13.8. The Morgan fingerprint density at radius 1 is 1.21 bits per heavy atom. The molecule has 0 spiro atoms. The highest BCUT2D eigenvalue weighted by Gasteiger charge is 2.34. The predicted octanol–water partition coefficient (Wildman–Crippen LogP) is 3.99. The van der Waals surface area contributed by atoms with Gasteiger partial charge in [-0.25, -0.2) is 0 Å². The highest BCUT2D eigenvalue weighted by atomic mass is 35.5. The fraction of sp³-hybridized carbons (Fsp3) is 0.273. The van der Waals surface area contributed by atoms with E-state index < -0.39 is 0 Å². The van der Waals surface area contributed by atoms with Crippen LogP contribution in [0.25, 0.3) is 11.1 Å². The molecule has 28 heavy (non-hydrogen) atoms. The van der Waals surface area contributed by atoms with Crippen LogP contribution in [0, 0.1) is 12.8 Å². The molecule has 1 saturated heterocycles. The lowest BCUT2D eigenvalue weighted by atomic mass is 9.90. The van der Waals surface area contributed by atoms with Gasteiger partial charge in [-0.15, -0.1) is 0 Å². The molecule has 6 heteroatoms. The molecule has 1 fully saturated rings. The molecule has 1 aromatic heterocycles. The smallest absolute Gasteiger partial charge is 0.229 e. The number of benzene rings is 2. The molecule has 4 rings (SSSR count). The Labute approximate surface area is 169 Å². The molecule has 0 saturated carbocycles. The van der Waals surface area contributed by atoms with Crippen molar-refractivity contribution in [1.29, 1.82) is 0 Å². The van der Waals surface area contributed by atoms with Crippen molar-refractivity contribution in [2.75, 3.05) is 18.4 Å². The summed E-state index contributed by atoms with van der Waals surface area (Å²) >= 11 is 6.10. The fourth-order valence-corrected chi connectivity index (χ4v) is 4.00. The molecule has 0 aliphatic carbocycles. The number of carbonyl (C=O) groups is 1. The number of aryl methyl sites for hydroxylation is 2. The standard InChI is InChI=1S/C22H23ClN4O/c1-14-8-16(15-4-3-5-18(23)9-15)6-7-21(14)26-22(28)20-12-24-11-19(20)17-10-25-27(2)13-17/h3-10,13,19-20,24H,11-12H2,1-2H3,(H,26,28)/t19-,20+/m1/s1. The second-order valence-corrected chi connectivity index (χ2v) is 7.78. The van der Waals surface area contributed by atoms with Gasteiger partial charge in [-0.2, -0.15) is 5.10 Å². The molecule has 2 heterocycles. The Bertz CT molecular complexity index is 1010. The van der Waals surface area contributed by atoms with Crippen LogP contribution in [0.15, 0.2) is 54.9 Å². The number of nitrogens with zero attached hydrogens (tertiary/aromatic N) is 2. The SMILES string of the molecule is Cc1cc(-c2cccc(Cl)c2)ccc1NC(=O)[C@H]1CNC[C@@H]1c1cnn(C)c1. The average Bonchev–Trinajstić information content (AvgIpc) is 3.32. The second-order valence-electron chi connectivity index (χ2n) is 7.35. The van der Waals surface area contributed by atoms with Crippen LogP contribution in [0.5, 0.6) is 0 Å². The maximum Gasteiger partial charge on any atom is 0.229 e. The largest absolute Gasteiger partial charge is 0.326 e. The van der Waals surface area contributed by atoms with Crippen LogP contribution in [0.2, 0.25) is 5.02 Å². The van der Waals surface area contributed by atoms with E-state index >= 15 is 0 Å². The van der Waals surface area contributed by atoms with E-state index in [2.05, 4.69) is 21.8 Å². The lowest BCUT2D eigenvalue weighted by Gasteiger charge is -2.18. The van der Waals surface area contributed by atoms with Crippen molar-refractivity contribution < 1.29 is 4.79 Å². The molecule has 1 aliphatic rings. The van der Waals surface area contributed by atoms with Crippen molar-refractivity contribution in [2.45, 2.75) is 12.8 Å². The van der Waals surface area contributed by atoms with Crippen LogP contribution in [0.3, 0.4) is 0 Å². The molecule has 1 aliphatic heterocycles. The van der Waals surface area contributed by atoms with E-state index in [4.69, 9.17) is 11.6 Å². The Morgan fingerprint density at radius 3 is 2.75 bits per heavy atom. The molecule has 144 valence electrons. The molecule has 2 N–H and O–H groups in total. The van der Waals surface area contributed by atoms with Gasteiger partial charge in [-0.3, -0.25) is 9.48 Å². The van der Waals surface area contributed by atoms with Crippen molar-refractivity contribution in [2.24, 2.45) is 13.0 Å². The van der Waals surface area contributed by atoms with Gasteiger partial charge in [0.25, 0.3) is 0 Å². The van der Waals surface area contributed by atoms with Gasteiger partial charge in [0.1, 0.15) is 0 Å². The van der Waals surface area contributed by atoms with Gasteiger partial charge in [-0.1, -0.05) is 29.8 Å². The summed E-state index contributed by atoms with van der Waals surface area (Å²) in [4.78, 5) is 13.0. The minimum atomic E-state index is -0.115. The topological polar surface area (TPSA) is 59.0 Å². The van der Waals surface area contributed by atoms with Crippen molar-refractivity contribution in [3.8, 4) is 11.1 Å². The molecular formula is C22H23ClN4O. The number of carbonyl (C=O) groups excluding carboxylic acids is 1. The minimum Gasteiger partial charge on any atom is -0.326 e. The van der Waals surface area contributed by atoms with Crippen LogP contribution in [0.4, 0.5) is 5.69 Å². The fourth-order valence-electron chi connectivity index (χ4n) is 3.81. The Hall–Kier alpha value is -2.63. The first kappa shape index (κ1) is 18.7. The van der Waals surface area contributed by atoms with Crippen molar-refractivity contribution in [1.82, 2.24) is 15.1 Å². The maximum atomic E-state index is 13.0. The van der Waals surface area contributed by atoms with Crippen LogP contribution < -0.4 is 10.6 Å². The van der Waals surface area contributed by atoms with E-state index in [1.54, 1.807) is 4.68 Å². The first-order valence-electron chi connectivity index (χ1n) is 9.38. The Kier molecular flexibility index (Phi) is 5.20.